The molecule has 1 amide bonds. The average Bonchev–Trinajstić information content (AvgIpc) is 2.88. The van der Waals surface area contributed by atoms with Gasteiger partial charge in [-0.2, -0.15) is 5.10 Å². The fourth-order valence-electron chi connectivity index (χ4n) is 3.29. The molecule has 0 saturated carbocycles. The zero-order valence-electron chi connectivity index (χ0n) is 20.2. The van der Waals surface area contributed by atoms with E-state index in [2.05, 4.69) is 10.5 Å². The fraction of sp³-hybridized carbons (Fsp3) is 0.200. The molecule has 36 heavy (non-hydrogen) atoms. The summed E-state index contributed by atoms with van der Waals surface area (Å²) < 4.78 is 43.7. The van der Waals surface area contributed by atoms with Gasteiger partial charge in [0.25, 0.3) is 15.9 Å². The Morgan fingerprint density at radius 3 is 2.19 bits per heavy atom. The van der Waals surface area contributed by atoms with Gasteiger partial charge in [0, 0.05) is 10.6 Å². The van der Waals surface area contributed by atoms with E-state index in [9.17, 15) is 13.2 Å². The van der Waals surface area contributed by atoms with Crippen LogP contribution < -0.4 is 23.9 Å². The Morgan fingerprint density at radius 2 is 1.64 bits per heavy atom. The van der Waals surface area contributed by atoms with Gasteiger partial charge in [0.05, 0.1) is 38.1 Å². The van der Waals surface area contributed by atoms with Gasteiger partial charge in [-0.25, -0.2) is 13.8 Å². The van der Waals surface area contributed by atoms with Crippen molar-refractivity contribution in [3.63, 3.8) is 0 Å². The summed E-state index contributed by atoms with van der Waals surface area (Å²) in [5.74, 6) is 0.594. The van der Waals surface area contributed by atoms with Crippen LogP contribution in [0.5, 0.6) is 17.2 Å². The summed E-state index contributed by atoms with van der Waals surface area (Å²) in [4.78, 5) is 12.8. The third kappa shape index (κ3) is 6.07. The highest BCUT2D eigenvalue weighted by Gasteiger charge is 2.27. The maximum Gasteiger partial charge on any atom is 0.264 e. The van der Waals surface area contributed by atoms with Crippen molar-refractivity contribution in [3.8, 4) is 17.2 Å². The summed E-state index contributed by atoms with van der Waals surface area (Å²) >= 11 is 6.24. The van der Waals surface area contributed by atoms with Gasteiger partial charge in [-0.1, -0.05) is 35.9 Å². The largest absolute Gasteiger partial charge is 0.493 e. The first-order valence-electron chi connectivity index (χ1n) is 10.7. The van der Waals surface area contributed by atoms with Gasteiger partial charge in [-0.3, -0.25) is 9.10 Å². The van der Waals surface area contributed by atoms with Gasteiger partial charge in [-0.05, 0) is 48.9 Å². The predicted octanol–water partition coefficient (Wildman–Crippen LogP) is 4.02. The number of hydrogen-bond donors (Lipinski definition) is 1. The van der Waals surface area contributed by atoms with Crippen molar-refractivity contribution >= 4 is 39.4 Å². The molecule has 0 fully saturated rings. The van der Waals surface area contributed by atoms with Crippen molar-refractivity contribution in [3.05, 3.63) is 76.8 Å². The van der Waals surface area contributed by atoms with Crippen molar-refractivity contribution in [2.75, 3.05) is 32.2 Å². The van der Waals surface area contributed by atoms with E-state index >= 15 is 0 Å². The Hall–Kier alpha value is -3.76. The van der Waals surface area contributed by atoms with Gasteiger partial charge in [0.2, 0.25) is 5.75 Å². The van der Waals surface area contributed by atoms with Gasteiger partial charge in [-0.15, -0.1) is 0 Å². The quantitative estimate of drug-likeness (QED) is 0.313. The summed E-state index contributed by atoms with van der Waals surface area (Å²) in [6.45, 7) is 1.27. The first-order chi connectivity index (χ1) is 17.2. The topological polar surface area (TPSA) is 107 Å². The maximum absolute atomic E-state index is 13.4. The number of halogens is 1. The Balaban J connectivity index is 1.85. The van der Waals surface area contributed by atoms with E-state index in [-0.39, 0.29) is 10.6 Å². The molecular formula is C25H26ClN3O6S. The molecule has 0 radical (unpaired) electrons. The van der Waals surface area contributed by atoms with E-state index in [1.165, 1.54) is 45.7 Å². The number of amides is 1. The first kappa shape index (κ1) is 26.8. The lowest BCUT2D eigenvalue weighted by Gasteiger charge is -2.24. The summed E-state index contributed by atoms with van der Waals surface area (Å²) in [6.07, 6.45) is 1.38. The standard InChI is InChI=1S/C25H26ClN3O6S/c1-17-10-11-19(14-21(17)26)29(36(31,32)20-8-6-5-7-9-20)16-24(30)28-27-15-18-12-22(33-2)25(35-4)23(13-18)34-3/h5-15H,16H2,1-4H3,(H,28,30)/b27-15-. The highest BCUT2D eigenvalue weighted by atomic mass is 35.5. The third-order valence-corrected chi connectivity index (χ3v) is 7.35. The summed E-state index contributed by atoms with van der Waals surface area (Å²) in [6, 6.07) is 15.9. The van der Waals surface area contributed by atoms with Crippen LogP contribution >= 0.6 is 11.6 Å². The molecule has 3 aromatic carbocycles. The average molecular weight is 532 g/mol. The second-order valence-electron chi connectivity index (χ2n) is 7.51. The lowest BCUT2D eigenvalue weighted by molar-refractivity contribution is -0.119. The van der Waals surface area contributed by atoms with Crippen molar-refractivity contribution in [1.29, 1.82) is 0 Å². The maximum atomic E-state index is 13.4. The molecule has 0 aliphatic heterocycles. The number of benzene rings is 3. The Kier molecular flexibility index (Phi) is 8.78. The van der Waals surface area contributed by atoms with Crippen LogP contribution in [0.4, 0.5) is 5.69 Å². The molecule has 0 aliphatic carbocycles. The molecular weight excluding hydrogens is 506 g/mol. The third-order valence-electron chi connectivity index (χ3n) is 5.15. The van der Waals surface area contributed by atoms with Crippen LogP contribution in [0, 0.1) is 6.92 Å². The van der Waals surface area contributed by atoms with Crippen molar-refractivity contribution in [2.24, 2.45) is 5.10 Å². The number of nitrogens with one attached hydrogen (secondary N) is 1. The lowest BCUT2D eigenvalue weighted by Crippen LogP contribution is -2.39. The van der Waals surface area contributed by atoms with Crippen LogP contribution in [0.2, 0.25) is 5.02 Å². The molecule has 190 valence electrons. The van der Waals surface area contributed by atoms with E-state index in [1.54, 1.807) is 49.4 Å². The molecule has 0 aromatic heterocycles. The summed E-state index contributed by atoms with van der Waals surface area (Å²) in [7, 11) is 0.395. The minimum Gasteiger partial charge on any atom is -0.493 e. The number of aryl methyl sites for hydroxylation is 1. The van der Waals surface area contributed by atoms with Gasteiger partial charge >= 0.3 is 0 Å². The second-order valence-corrected chi connectivity index (χ2v) is 9.78. The number of carbonyl (C=O) groups is 1. The Labute approximate surface area is 215 Å². The molecule has 0 heterocycles. The van der Waals surface area contributed by atoms with E-state index in [4.69, 9.17) is 25.8 Å². The minimum absolute atomic E-state index is 0.0374. The van der Waals surface area contributed by atoms with Crippen LogP contribution in [-0.4, -0.2) is 48.4 Å². The predicted molar refractivity (Wildman–Crippen MR) is 139 cm³/mol. The smallest absolute Gasteiger partial charge is 0.264 e. The van der Waals surface area contributed by atoms with Crippen molar-refractivity contribution in [2.45, 2.75) is 11.8 Å². The van der Waals surface area contributed by atoms with Crippen LogP contribution in [0.1, 0.15) is 11.1 Å². The minimum atomic E-state index is -4.07. The van der Waals surface area contributed by atoms with Crippen LogP contribution in [0.15, 0.2) is 70.7 Å². The number of nitrogens with zero attached hydrogens (tertiary/aromatic N) is 2. The zero-order chi connectivity index (χ0) is 26.3. The highest BCUT2D eigenvalue weighted by Crippen LogP contribution is 2.37. The molecule has 0 unspecified atom stereocenters. The molecule has 0 spiro atoms. The molecule has 9 nitrogen and oxygen atoms in total. The van der Waals surface area contributed by atoms with Gasteiger partial charge in [0.15, 0.2) is 11.5 Å². The molecule has 1 N–H and O–H groups in total. The number of anilines is 1. The first-order valence-corrected chi connectivity index (χ1v) is 12.5. The van der Waals surface area contributed by atoms with Crippen LogP contribution in [0.3, 0.4) is 0 Å². The van der Waals surface area contributed by atoms with E-state index in [1.807, 2.05) is 0 Å². The number of carbonyl (C=O) groups excluding carboxylic acids is 1. The molecule has 3 aromatic rings. The lowest BCUT2D eigenvalue weighted by atomic mass is 10.2. The van der Waals surface area contributed by atoms with Crippen molar-refractivity contribution in [1.82, 2.24) is 5.43 Å². The summed E-state index contributed by atoms with van der Waals surface area (Å²) in [5.41, 5.74) is 3.95. The molecule has 0 aliphatic rings. The van der Waals surface area contributed by atoms with Crippen molar-refractivity contribution < 1.29 is 27.4 Å². The number of methoxy groups -OCH3 is 3. The SMILES string of the molecule is COc1cc(/C=N\NC(=O)CN(c2ccc(C)c(Cl)c2)S(=O)(=O)c2ccccc2)cc(OC)c1OC. The Bertz CT molecular complexity index is 1340. The number of hydrogen-bond acceptors (Lipinski definition) is 7. The van der Waals surface area contributed by atoms with E-state index < -0.39 is 22.5 Å². The fourth-order valence-corrected chi connectivity index (χ4v) is 4.90. The molecule has 0 bridgehead atoms. The monoisotopic (exact) mass is 531 g/mol. The number of hydrazone groups is 1. The molecule has 3 rings (SSSR count). The second kappa shape index (κ2) is 11.8. The molecule has 0 saturated heterocycles. The Morgan fingerprint density at radius 1 is 1.00 bits per heavy atom. The molecule has 11 heteroatoms. The summed E-state index contributed by atoms with van der Waals surface area (Å²) in [5, 5.41) is 4.33. The normalized spacial score (nSPS) is 11.2. The number of rotatable bonds is 10. The van der Waals surface area contributed by atoms with Crippen LogP contribution in [-0.2, 0) is 14.8 Å². The van der Waals surface area contributed by atoms with E-state index in [0.29, 0.717) is 27.8 Å². The van der Waals surface area contributed by atoms with Crippen LogP contribution in [0.25, 0.3) is 0 Å². The highest BCUT2D eigenvalue weighted by molar-refractivity contribution is 7.92. The zero-order valence-corrected chi connectivity index (χ0v) is 21.8. The van der Waals surface area contributed by atoms with E-state index in [0.717, 1.165) is 9.87 Å². The van der Waals surface area contributed by atoms with Gasteiger partial charge < -0.3 is 14.2 Å². The molecule has 0 atom stereocenters. The number of sulfonamides is 1. The van der Waals surface area contributed by atoms with Gasteiger partial charge in [0.1, 0.15) is 6.54 Å². The number of ether oxygens (including phenoxy) is 3.